The minimum atomic E-state index is -0.493. The van der Waals surface area contributed by atoms with Gasteiger partial charge in [-0.1, -0.05) is 35.9 Å². The summed E-state index contributed by atoms with van der Waals surface area (Å²) in [5, 5.41) is -0.315. The molecule has 3 rings (SSSR count). The molecular formula is C23H23NO6S. The molecule has 0 aromatic heterocycles. The highest BCUT2D eigenvalue weighted by Gasteiger charge is 2.35. The highest BCUT2D eigenvalue weighted by Crippen LogP contribution is 2.35. The molecule has 0 bridgehead atoms. The van der Waals surface area contributed by atoms with Gasteiger partial charge in [0, 0.05) is 0 Å². The van der Waals surface area contributed by atoms with Crippen molar-refractivity contribution < 1.29 is 28.6 Å². The number of hydrogen-bond donors (Lipinski definition) is 0. The van der Waals surface area contributed by atoms with Crippen LogP contribution in [-0.2, 0) is 20.9 Å². The van der Waals surface area contributed by atoms with E-state index in [1.807, 2.05) is 31.2 Å². The molecule has 2 aromatic carbocycles. The van der Waals surface area contributed by atoms with Crippen LogP contribution < -0.4 is 9.47 Å². The van der Waals surface area contributed by atoms with Crippen molar-refractivity contribution in [3.05, 3.63) is 64.1 Å². The average Bonchev–Trinajstić information content (AvgIpc) is 3.00. The molecular weight excluding hydrogens is 418 g/mol. The molecule has 7 nitrogen and oxygen atoms in total. The van der Waals surface area contributed by atoms with E-state index in [4.69, 9.17) is 14.2 Å². The number of carbonyl (C=O) groups is 3. The number of esters is 1. The van der Waals surface area contributed by atoms with Crippen LogP contribution in [0.25, 0.3) is 6.08 Å². The summed E-state index contributed by atoms with van der Waals surface area (Å²) in [5.41, 5.74) is 2.59. The van der Waals surface area contributed by atoms with Crippen LogP contribution in [0.3, 0.4) is 0 Å². The Labute approximate surface area is 185 Å². The molecule has 1 aliphatic rings. The van der Waals surface area contributed by atoms with E-state index in [0.29, 0.717) is 22.0 Å². The minimum Gasteiger partial charge on any atom is -0.493 e. The van der Waals surface area contributed by atoms with Gasteiger partial charge >= 0.3 is 5.97 Å². The van der Waals surface area contributed by atoms with Crippen molar-refractivity contribution in [2.24, 2.45) is 0 Å². The Kier molecular flexibility index (Phi) is 7.36. The van der Waals surface area contributed by atoms with Crippen molar-refractivity contribution in [1.82, 2.24) is 4.90 Å². The summed E-state index contributed by atoms with van der Waals surface area (Å²) in [6.45, 7) is 3.90. The number of nitrogens with zero attached hydrogens (tertiary/aromatic N) is 1. The third-order valence-electron chi connectivity index (χ3n) is 4.43. The lowest BCUT2D eigenvalue weighted by Crippen LogP contribution is -2.27. The number of rotatable bonds is 8. The normalized spacial score (nSPS) is 14.8. The fourth-order valence-electron chi connectivity index (χ4n) is 3.02. The van der Waals surface area contributed by atoms with Crippen LogP contribution in [0.1, 0.15) is 23.6 Å². The second-order valence-electron chi connectivity index (χ2n) is 6.76. The summed E-state index contributed by atoms with van der Waals surface area (Å²) >= 11 is 0.893. The van der Waals surface area contributed by atoms with Crippen molar-refractivity contribution in [1.29, 1.82) is 0 Å². The molecule has 162 valence electrons. The second kappa shape index (κ2) is 10.2. The molecule has 1 fully saturated rings. The smallest absolute Gasteiger partial charge is 0.344 e. The molecule has 2 aromatic rings. The molecule has 31 heavy (non-hydrogen) atoms. The second-order valence-corrected chi connectivity index (χ2v) is 7.75. The number of imide groups is 1. The Morgan fingerprint density at radius 3 is 2.65 bits per heavy atom. The van der Waals surface area contributed by atoms with Gasteiger partial charge in [0.25, 0.3) is 11.1 Å². The standard InChI is InChI=1S/C23H23NO6S/c1-4-29-21(25)14-30-19-11-16(8-9-18(19)28-3)12-20-22(26)24(23(27)31-20)13-17-7-5-6-15(2)10-17/h5-12H,4,13-14H2,1-3H3/b20-12-. The summed E-state index contributed by atoms with van der Waals surface area (Å²) in [6.07, 6.45) is 1.62. The zero-order valence-electron chi connectivity index (χ0n) is 17.5. The summed E-state index contributed by atoms with van der Waals surface area (Å²) in [5.74, 6) is -0.0640. The number of hydrogen-bond acceptors (Lipinski definition) is 7. The van der Waals surface area contributed by atoms with E-state index in [2.05, 4.69) is 0 Å². The number of amides is 2. The maximum Gasteiger partial charge on any atom is 0.344 e. The van der Waals surface area contributed by atoms with Gasteiger partial charge in [-0.15, -0.1) is 0 Å². The molecule has 8 heteroatoms. The lowest BCUT2D eigenvalue weighted by atomic mass is 10.1. The van der Waals surface area contributed by atoms with E-state index in [1.165, 1.54) is 12.0 Å². The number of carbonyl (C=O) groups excluding carboxylic acids is 3. The molecule has 0 saturated carbocycles. The maximum atomic E-state index is 12.8. The zero-order chi connectivity index (χ0) is 22.4. The van der Waals surface area contributed by atoms with Crippen molar-refractivity contribution >= 4 is 35.0 Å². The predicted octanol–water partition coefficient (Wildman–Crippen LogP) is 4.18. The SMILES string of the molecule is CCOC(=O)COc1cc(/C=C2\SC(=O)N(Cc3cccc(C)c3)C2=O)ccc1OC. The Morgan fingerprint density at radius 2 is 1.94 bits per heavy atom. The van der Waals surface area contributed by atoms with Gasteiger partial charge in [0.2, 0.25) is 0 Å². The Hall–Kier alpha value is -3.26. The summed E-state index contributed by atoms with van der Waals surface area (Å²) in [4.78, 5) is 38.3. The Morgan fingerprint density at radius 1 is 1.13 bits per heavy atom. The number of aryl methyl sites for hydroxylation is 1. The average molecular weight is 442 g/mol. The molecule has 0 atom stereocenters. The van der Waals surface area contributed by atoms with Gasteiger partial charge in [-0.3, -0.25) is 14.5 Å². The third-order valence-corrected chi connectivity index (χ3v) is 5.34. The Bertz CT molecular complexity index is 1030. The predicted molar refractivity (Wildman–Crippen MR) is 118 cm³/mol. The van der Waals surface area contributed by atoms with Crippen LogP contribution >= 0.6 is 11.8 Å². The van der Waals surface area contributed by atoms with E-state index >= 15 is 0 Å². The van der Waals surface area contributed by atoms with E-state index in [0.717, 1.165) is 22.9 Å². The van der Waals surface area contributed by atoms with Crippen LogP contribution in [0.4, 0.5) is 4.79 Å². The number of thioether (sulfide) groups is 1. The fourth-order valence-corrected chi connectivity index (χ4v) is 3.85. The fraction of sp³-hybridized carbons (Fsp3) is 0.261. The lowest BCUT2D eigenvalue weighted by molar-refractivity contribution is -0.145. The molecule has 0 radical (unpaired) electrons. The lowest BCUT2D eigenvalue weighted by Gasteiger charge is -2.13. The molecule has 0 spiro atoms. The summed E-state index contributed by atoms with van der Waals surface area (Å²) in [6, 6.07) is 12.7. The first-order chi connectivity index (χ1) is 14.9. The Balaban J connectivity index is 1.77. The monoisotopic (exact) mass is 441 g/mol. The molecule has 0 aliphatic carbocycles. The highest BCUT2D eigenvalue weighted by molar-refractivity contribution is 8.18. The van der Waals surface area contributed by atoms with E-state index in [-0.39, 0.29) is 30.9 Å². The minimum absolute atomic E-state index is 0.222. The van der Waals surface area contributed by atoms with Gasteiger partial charge in [-0.05, 0) is 54.9 Å². The van der Waals surface area contributed by atoms with Gasteiger partial charge in [-0.2, -0.15) is 0 Å². The molecule has 1 heterocycles. The zero-order valence-corrected chi connectivity index (χ0v) is 18.4. The first kappa shape index (κ1) is 22.4. The van der Waals surface area contributed by atoms with Crippen LogP contribution in [-0.4, -0.2) is 42.3 Å². The number of ether oxygens (including phenoxy) is 3. The van der Waals surface area contributed by atoms with Gasteiger partial charge in [0.15, 0.2) is 18.1 Å². The summed E-state index contributed by atoms with van der Waals surface area (Å²) in [7, 11) is 1.49. The van der Waals surface area contributed by atoms with E-state index in [9.17, 15) is 14.4 Å². The molecule has 2 amide bonds. The van der Waals surface area contributed by atoms with Crippen molar-refractivity contribution in [2.45, 2.75) is 20.4 Å². The van der Waals surface area contributed by atoms with Crippen molar-refractivity contribution in [3.8, 4) is 11.5 Å². The first-order valence-electron chi connectivity index (χ1n) is 9.68. The van der Waals surface area contributed by atoms with Crippen LogP contribution in [0.2, 0.25) is 0 Å². The number of methoxy groups -OCH3 is 1. The highest BCUT2D eigenvalue weighted by atomic mass is 32.2. The van der Waals surface area contributed by atoms with E-state index in [1.54, 1.807) is 31.2 Å². The van der Waals surface area contributed by atoms with Gasteiger partial charge < -0.3 is 14.2 Å². The molecule has 1 saturated heterocycles. The quantitative estimate of drug-likeness (QED) is 0.449. The van der Waals surface area contributed by atoms with Gasteiger partial charge in [-0.25, -0.2) is 4.79 Å². The largest absolute Gasteiger partial charge is 0.493 e. The van der Waals surface area contributed by atoms with Crippen molar-refractivity contribution in [3.63, 3.8) is 0 Å². The van der Waals surface area contributed by atoms with Crippen LogP contribution in [0.5, 0.6) is 11.5 Å². The van der Waals surface area contributed by atoms with Gasteiger partial charge in [0.1, 0.15) is 0 Å². The molecule has 0 unspecified atom stereocenters. The van der Waals surface area contributed by atoms with Crippen molar-refractivity contribution in [2.75, 3.05) is 20.3 Å². The van der Waals surface area contributed by atoms with Crippen LogP contribution in [0, 0.1) is 6.92 Å². The first-order valence-corrected chi connectivity index (χ1v) is 10.5. The van der Waals surface area contributed by atoms with Gasteiger partial charge in [0.05, 0.1) is 25.2 Å². The topological polar surface area (TPSA) is 82.1 Å². The number of benzene rings is 2. The molecule has 1 aliphatic heterocycles. The van der Waals surface area contributed by atoms with E-state index < -0.39 is 5.97 Å². The summed E-state index contributed by atoms with van der Waals surface area (Å²) < 4.78 is 15.6. The molecule has 0 N–H and O–H groups in total. The van der Waals surface area contributed by atoms with Crippen LogP contribution in [0.15, 0.2) is 47.4 Å². The third kappa shape index (κ3) is 5.67. The maximum absolute atomic E-state index is 12.8.